The molecular formula is C21H18O2. The minimum Gasteiger partial charge on any atom is -0.486 e. The fraction of sp³-hybridized carbons (Fsp3) is 0.0952. The maximum Gasteiger partial charge on any atom is 0.157 e. The second-order valence-electron chi connectivity index (χ2n) is 5.40. The second-order valence-corrected chi connectivity index (χ2v) is 5.40. The number of ether oxygens (including phenoxy) is 1. The molecule has 0 saturated heterocycles. The van der Waals surface area contributed by atoms with Crippen molar-refractivity contribution in [3.63, 3.8) is 0 Å². The quantitative estimate of drug-likeness (QED) is 0.626. The smallest absolute Gasteiger partial charge is 0.157 e. The van der Waals surface area contributed by atoms with Crippen molar-refractivity contribution < 1.29 is 9.53 Å². The second kappa shape index (κ2) is 6.93. The van der Waals surface area contributed by atoms with Gasteiger partial charge >= 0.3 is 0 Å². The Labute approximate surface area is 136 Å². The first-order valence-electron chi connectivity index (χ1n) is 7.61. The minimum atomic E-state index is 0.0854. The highest BCUT2D eigenvalue weighted by Crippen LogP contribution is 2.29. The van der Waals surface area contributed by atoms with E-state index in [0.29, 0.717) is 5.75 Å². The van der Waals surface area contributed by atoms with Gasteiger partial charge in [0.2, 0.25) is 0 Å². The van der Waals surface area contributed by atoms with Gasteiger partial charge in [0.05, 0.1) is 0 Å². The number of carbonyl (C=O) groups excluding carboxylic acids is 1. The lowest BCUT2D eigenvalue weighted by molar-refractivity contribution is -0.109. The van der Waals surface area contributed by atoms with E-state index in [-0.39, 0.29) is 6.61 Å². The van der Waals surface area contributed by atoms with Gasteiger partial charge in [-0.25, -0.2) is 0 Å². The Balaban J connectivity index is 1.91. The average Bonchev–Trinajstić information content (AvgIpc) is 2.61. The molecule has 0 fully saturated rings. The Kier molecular flexibility index (Phi) is 4.53. The van der Waals surface area contributed by atoms with E-state index >= 15 is 0 Å². The van der Waals surface area contributed by atoms with Crippen molar-refractivity contribution in [1.29, 1.82) is 0 Å². The molecule has 0 aliphatic rings. The third kappa shape index (κ3) is 3.49. The lowest BCUT2D eigenvalue weighted by Crippen LogP contribution is -1.97. The van der Waals surface area contributed by atoms with E-state index in [4.69, 9.17) is 4.74 Å². The van der Waals surface area contributed by atoms with Crippen LogP contribution in [0.15, 0.2) is 72.8 Å². The molecule has 3 aromatic rings. The van der Waals surface area contributed by atoms with Crippen LogP contribution < -0.4 is 4.74 Å². The first-order valence-corrected chi connectivity index (χ1v) is 7.61. The van der Waals surface area contributed by atoms with E-state index < -0.39 is 0 Å². The lowest BCUT2D eigenvalue weighted by atomic mass is 9.96. The number of rotatable bonds is 5. The number of aryl methyl sites for hydroxylation is 1. The van der Waals surface area contributed by atoms with Crippen LogP contribution in [0.1, 0.15) is 5.56 Å². The third-order valence-corrected chi connectivity index (χ3v) is 3.82. The topological polar surface area (TPSA) is 26.3 Å². The van der Waals surface area contributed by atoms with Crippen molar-refractivity contribution in [2.75, 3.05) is 6.61 Å². The summed E-state index contributed by atoms with van der Waals surface area (Å²) in [6.45, 7) is 2.21. The molecule has 0 spiro atoms. The normalized spacial score (nSPS) is 10.3. The van der Waals surface area contributed by atoms with Crippen molar-refractivity contribution in [2.24, 2.45) is 0 Å². The summed E-state index contributed by atoms with van der Waals surface area (Å²) in [5.74, 6) is 0.705. The van der Waals surface area contributed by atoms with E-state index in [0.717, 1.165) is 17.4 Å². The molecule has 0 heterocycles. The van der Waals surface area contributed by atoms with Crippen molar-refractivity contribution in [3.05, 3.63) is 78.4 Å². The molecule has 3 rings (SSSR count). The van der Waals surface area contributed by atoms with E-state index in [1.54, 1.807) is 0 Å². The number of aldehydes is 1. The summed E-state index contributed by atoms with van der Waals surface area (Å²) in [6.07, 6.45) is 0.750. The fourth-order valence-electron chi connectivity index (χ4n) is 2.64. The summed E-state index contributed by atoms with van der Waals surface area (Å²) < 4.78 is 5.29. The van der Waals surface area contributed by atoms with E-state index in [2.05, 4.69) is 55.5 Å². The molecule has 0 unspecified atom stereocenters. The zero-order valence-electron chi connectivity index (χ0n) is 13.0. The van der Waals surface area contributed by atoms with Gasteiger partial charge in [0, 0.05) is 0 Å². The molecule has 0 radical (unpaired) electrons. The summed E-state index contributed by atoms with van der Waals surface area (Å²) in [6, 6.07) is 24.7. The summed E-state index contributed by atoms with van der Waals surface area (Å²) in [4.78, 5) is 10.3. The van der Waals surface area contributed by atoms with Crippen molar-refractivity contribution in [1.82, 2.24) is 0 Å². The Morgan fingerprint density at radius 2 is 1.57 bits per heavy atom. The van der Waals surface area contributed by atoms with Crippen LogP contribution >= 0.6 is 0 Å². The first-order chi connectivity index (χ1) is 11.3. The fourth-order valence-corrected chi connectivity index (χ4v) is 2.64. The number of hydrogen-bond acceptors (Lipinski definition) is 2. The van der Waals surface area contributed by atoms with Gasteiger partial charge in [0.25, 0.3) is 0 Å². The zero-order valence-corrected chi connectivity index (χ0v) is 13.0. The predicted octanol–water partition coefficient (Wildman–Crippen LogP) is 4.91. The molecule has 0 aromatic heterocycles. The van der Waals surface area contributed by atoms with Crippen LogP contribution in [-0.2, 0) is 4.79 Å². The van der Waals surface area contributed by atoms with Crippen LogP contribution in [0.5, 0.6) is 5.75 Å². The van der Waals surface area contributed by atoms with Crippen molar-refractivity contribution in [3.8, 4) is 28.0 Å². The lowest BCUT2D eigenvalue weighted by Gasteiger charge is -2.09. The van der Waals surface area contributed by atoms with Gasteiger partial charge in [-0.1, -0.05) is 54.6 Å². The van der Waals surface area contributed by atoms with Crippen LogP contribution in [0.4, 0.5) is 0 Å². The summed E-state index contributed by atoms with van der Waals surface area (Å²) >= 11 is 0. The number of hydrogen-bond donors (Lipinski definition) is 0. The zero-order chi connectivity index (χ0) is 16.1. The first kappa shape index (κ1) is 15.0. The van der Waals surface area contributed by atoms with Gasteiger partial charge < -0.3 is 4.74 Å². The van der Waals surface area contributed by atoms with E-state index in [1.807, 2.05) is 24.3 Å². The van der Waals surface area contributed by atoms with Crippen LogP contribution in [0.2, 0.25) is 0 Å². The highest BCUT2D eigenvalue weighted by atomic mass is 16.5. The molecule has 0 N–H and O–H groups in total. The van der Waals surface area contributed by atoms with Gasteiger partial charge in [0.15, 0.2) is 6.29 Å². The molecular weight excluding hydrogens is 284 g/mol. The Morgan fingerprint density at radius 3 is 2.30 bits per heavy atom. The largest absolute Gasteiger partial charge is 0.486 e. The van der Waals surface area contributed by atoms with Gasteiger partial charge in [-0.3, -0.25) is 4.79 Å². The molecule has 114 valence electrons. The van der Waals surface area contributed by atoms with E-state index in [1.165, 1.54) is 16.7 Å². The molecule has 2 nitrogen and oxygen atoms in total. The molecule has 0 aliphatic carbocycles. The minimum absolute atomic E-state index is 0.0854. The van der Waals surface area contributed by atoms with Gasteiger partial charge in [-0.15, -0.1) is 0 Å². The average molecular weight is 302 g/mol. The molecule has 0 saturated carbocycles. The van der Waals surface area contributed by atoms with Gasteiger partial charge in [-0.05, 0) is 52.9 Å². The highest BCUT2D eigenvalue weighted by molar-refractivity contribution is 5.74. The van der Waals surface area contributed by atoms with Crippen LogP contribution in [0, 0.1) is 6.92 Å². The van der Waals surface area contributed by atoms with Crippen LogP contribution in [-0.4, -0.2) is 12.9 Å². The third-order valence-electron chi connectivity index (χ3n) is 3.82. The van der Waals surface area contributed by atoms with E-state index in [9.17, 15) is 4.79 Å². The van der Waals surface area contributed by atoms with Crippen LogP contribution in [0.25, 0.3) is 22.3 Å². The SMILES string of the molecule is Cc1ccccc1-c1cccc(-c2ccc(OCC=O)cc2)c1. The molecule has 2 heteroatoms. The van der Waals surface area contributed by atoms with Crippen LogP contribution in [0.3, 0.4) is 0 Å². The van der Waals surface area contributed by atoms with Crippen molar-refractivity contribution in [2.45, 2.75) is 6.92 Å². The molecule has 0 bridgehead atoms. The standard InChI is InChI=1S/C21H18O2/c1-16-5-2-3-8-21(16)19-7-4-6-18(15-19)17-9-11-20(12-10-17)23-14-13-22/h2-13,15H,14H2,1H3. The number of carbonyl (C=O) groups is 1. The van der Waals surface area contributed by atoms with Crippen molar-refractivity contribution >= 4 is 6.29 Å². The molecule has 0 amide bonds. The maximum absolute atomic E-state index is 10.3. The molecule has 0 atom stereocenters. The monoisotopic (exact) mass is 302 g/mol. The highest BCUT2D eigenvalue weighted by Gasteiger charge is 2.04. The predicted molar refractivity (Wildman–Crippen MR) is 93.6 cm³/mol. The Morgan fingerprint density at radius 1 is 0.826 bits per heavy atom. The molecule has 0 aliphatic heterocycles. The Hall–Kier alpha value is -2.87. The Bertz CT molecular complexity index is 804. The molecule has 3 aromatic carbocycles. The summed E-state index contributed by atoms with van der Waals surface area (Å²) in [7, 11) is 0. The van der Waals surface area contributed by atoms with Gasteiger partial charge in [-0.2, -0.15) is 0 Å². The van der Waals surface area contributed by atoms with Gasteiger partial charge in [0.1, 0.15) is 12.4 Å². The number of benzene rings is 3. The molecule has 23 heavy (non-hydrogen) atoms. The summed E-state index contributed by atoms with van der Waals surface area (Å²) in [5, 5.41) is 0. The summed E-state index contributed by atoms with van der Waals surface area (Å²) in [5.41, 5.74) is 6.01. The maximum atomic E-state index is 10.3.